The van der Waals surface area contributed by atoms with Crippen LogP contribution in [-0.4, -0.2) is 27.1 Å². The lowest BCUT2D eigenvalue weighted by Gasteiger charge is -2.53. The Balaban J connectivity index is 2.27. The summed E-state index contributed by atoms with van der Waals surface area (Å²) >= 11 is 0. The number of hydrogen-bond acceptors (Lipinski definition) is 3. The van der Waals surface area contributed by atoms with Crippen molar-refractivity contribution < 1.29 is 14.0 Å². The van der Waals surface area contributed by atoms with Gasteiger partial charge >= 0.3 is 5.97 Å². The molecule has 3 nitrogen and oxygen atoms in total. The smallest absolute Gasteiger partial charge is 0.302 e. The Bertz CT molecular complexity index is 546. The Morgan fingerprint density at radius 1 is 1.27 bits per heavy atom. The molecule has 0 saturated carbocycles. The second kappa shape index (κ2) is 5.94. The summed E-state index contributed by atoms with van der Waals surface area (Å²) in [6, 6.07) is 11.6. The van der Waals surface area contributed by atoms with Crippen LogP contribution in [0.4, 0.5) is 0 Å². The van der Waals surface area contributed by atoms with Crippen LogP contribution in [0.1, 0.15) is 32.8 Å². The highest BCUT2D eigenvalue weighted by Gasteiger charge is 2.58. The van der Waals surface area contributed by atoms with E-state index in [2.05, 4.69) is 57.8 Å². The Morgan fingerprint density at radius 2 is 1.86 bits per heavy atom. The largest absolute Gasteiger partial charge is 0.467 e. The molecule has 1 aliphatic heterocycles. The van der Waals surface area contributed by atoms with Crippen LogP contribution in [-0.2, 0) is 19.6 Å². The van der Waals surface area contributed by atoms with Gasteiger partial charge in [-0.1, -0.05) is 42.9 Å². The lowest BCUT2D eigenvalue weighted by Crippen LogP contribution is -2.70. The van der Waals surface area contributed by atoms with Crippen LogP contribution in [0.25, 0.3) is 0 Å². The van der Waals surface area contributed by atoms with Crippen molar-refractivity contribution in [1.82, 2.24) is 0 Å². The highest BCUT2D eigenvalue weighted by Crippen LogP contribution is 2.45. The van der Waals surface area contributed by atoms with Gasteiger partial charge in [0, 0.05) is 6.92 Å². The number of carbonyl (C=O) groups excluding carboxylic acids is 1. The first-order chi connectivity index (χ1) is 10.1. The van der Waals surface area contributed by atoms with E-state index in [0.29, 0.717) is 0 Å². The van der Waals surface area contributed by atoms with Gasteiger partial charge in [0.15, 0.2) is 7.83 Å². The van der Waals surface area contributed by atoms with Gasteiger partial charge in [-0.15, -0.1) is 0 Å². The second-order valence-electron chi connectivity index (χ2n) is 7.38. The normalized spacial score (nSPS) is 32.3. The zero-order chi connectivity index (χ0) is 16.6. The summed E-state index contributed by atoms with van der Waals surface area (Å²) in [5.74, 6) is -0.178. The molecule has 22 heavy (non-hydrogen) atoms. The van der Waals surface area contributed by atoms with Crippen LogP contribution in [0.5, 0.6) is 0 Å². The van der Waals surface area contributed by atoms with E-state index in [-0.39, 0.29) is 17.3 Å². The molecule has 3 atom stereocenters. The lowest BCUT2D eigenvalue weighted by atomic mass is 9.93. The number of hydrogen-bond donors (Lipinski definition) is 0. The molecule has 1 saturated heterocycles. The van der Waals surface area contributed by atoms with Crippen molar-refractivity contribution in [2.75, 3.05) is 0 Å². The zero-order valence-corrected chi connectivity index (χ0v) is 16.6. The molecule has 0 radical (unpaired) electrons. The standard InChI is InChI=1S/C17H28O3Si2/c1-14(18)19-15(2)22(6)13-12-17(3,20-21(22,4)5)16-10-8-7-9-11-16/h7-11,15H,12-13H2,1-6H3. The fourth-order valence-corrected chi connectivity index (χ4v) is 15.3. The van der Waals surface area contributed by atoms with Crippen molar-refractivity contribution >= 4 is 21.4 Å². The van der Waals surface area contributed by atoms with E-state index in [1.54, 1.807) is 0 Å². The van der Waals surface area contributed by atoms with Gasteiger partial charge in [0.1, 0.15) is 7.59 Å². The third-order valence-electron chi connectivity index (χ3n) is 5.60. The molecule has 1 aromatic rings. The van der Waals surface area contributed by atoms with Crippen molar-refractivity contribution in [1.29, 1.82) is 0 Å². The molecule has 0 N–H and O–H groups in total. The van der Waals surface area contributed by atoms with E-state index in [9.17, 15) is 4.79 Å². The van der Waals surface area contributed by atoms with Gasteiger partial charge in [-0.05, 0) is 38.9 Å². The summed E-state index contributed by atoms with van der Waals surface area (Å²) in [7, 11) is -3.71. The maximum atomic E-state index is 11.4. The fraction of sp³-hybridized carbons (Fsp3) is 0.588. The SMILES string of the molecule is CC(=O)OC(C)[Si]1(C)CCC(C)(c2ccccc2)O[Si]1(C)C. The fourth-order valence-electron chi connectivity index (χ4n) is 3.60. The summed E-state index contributed by atoms with van der Waals surface area (Å²) in [5.41, 5.74) is 1.07. The second-order valence-corrected chi connectivity index (χ2v) is 21.8. The van der Waals surface area contributed by atoms with Crippen molar-refractivity contribution in [3.63, 3.8) is 0 Å². The van der Waals surface area contributed by atoms with Crippen molar-refractivity contribution in [3.05, 3.63) is 35.9 Å². The molecule has 0 aliphatic carbocycles. The minimum Gasteiger partial charge on any atom is -0.467 e. The van der Waals surface area contributed by atoms with Gasteiger partial charge in [-0.3, -0.25) is 4.79 Å². The third kappa shape index (κ3) is 3.07. The van der Waals surface area contributed by atoms with E-state index in [4.69, 9.17) is 9.16 Å². The molecule has 1 fully saturated rings. The lowest BCUT2D eigenvalue weighted by molar-refractivity contribution is -0.142. The Labute approximate surface area is 136 Å². The van der Waals surface area contributed by atoms with Gasteiger partial charge in [0.2, 0.25) is 0 Å². The van der Waals surface area contributed by atoms with Gasteiger partial charge in [0.25, 0.3) is 0 Å². The molecule has 0 aromatic heterocycles. The van der Waals surface area contributed by atoms with E-state index in [0.717, 1.165) is 12.5 Å². The summed E-state index contributed by atoms with van der Waals surface area (Å²) in [4.78, 5) is 11.4. The quantitative estimate of drug-likeness (QED) is 0.614. The summed E-state index contributed by atoms with van der Waals surface area (Å²) in [5, 5.41) is 0. The van der Waals surface area contributed by atoms with Crippen LogP contribution in [0.15, 0.2) is 30.3 Å². The van der Waals surface area contributed by atoms with Crippen molar-refractivity contribution in [2.24, 2.45) is 0 Å². The summed E-state index contributed by atoms with van der Waals surface area (Å²) in [6.07, 6.45) is 1.00. The topological polar surface area (TPSA) is 35.5 Å². The van der Waals surface area contributed by atoms with Gasteiger partial charge in [0.05, 0.1) is 11.3 Å². The maximum absolute atomic E-state index is 11.4. The van der Waals surface area contributed by atoms with Gasteiger partial charge in [-0.25, -0.2) is 0 Å². The summed E-state index contributed by atoms with van der Waals surface area (Å²) in [6.45, 7) is 12.7. The van der Waals surface area contributed by atoms with E-state index < -0.39 is 15.4 Å². The highest BCUT2D eigenvalue weighted by atomic mass is 29.3. The van der Waals surface area contributed by atoms with Crippen molar-refractivity contribution in [2.45, 2.75) is 64.2 Å². The average molecular weight is 337 g/mol. The first-order valence-corrected chi connectivity index (χ1v) is 14.7. The molecule has 1 aromatic carbocycles. The van der Waals surface area contributed by atoms with Crippen LogP contribution in [0, 0.1) is 0 Å². The van der Waals surface area contributed by atoms with E-state index in [1.807, 2.05) is 6.07 Å². The predicted molar refractivity (Wildman–Crippen MR) is 94.6 cm³/mol. The van der Waals surface area contributed by atoms with Crippen LogP contribution in [0.2, 0.25) is 25.7 Å². The molecular formula is C17H28O3Si2. The molecule has 2 rings (SSSR count). The zero-order valence-electron chi connectivity index (χ0n) is 14.6. The van der Waals surface area contributed by atoms with Crippen LogP contribution < -0.4 is 0 Å². The number of benzene rings is 1. The number of carbonyl (C=O) groups is 1. The van der Waals surface area contributed by atoms with E-state index in [1.165, 1.54) is 12.5 Å². The molecule has 122 valence electrons. The molecule has 0 spiro atoms. The highest BCUT2D eigenvalue weighted by molar-refractivity contribution is 7.39. The Hall–Kier alpha value is -0.916. The molecule has 1 aliphatic rings. The molecular weight excluding hydrogens is 308 g/mol. The Morgan fingerprint density at radius 3 is 2.36 bits per heavy atom. The van der Waals surface area contributed by atoms with E-state index >= 15 is 0 Å². The molecule has 0 bridgehead atoms. The minimum absolute atomic E-state index is 0.0204. The molecule has 0 amide bonds. The average Bonchev–Trinajstić information content (AvgIpc) is 2.43. The Kier molecular flexibility index (Phi) is 4.71. The first-order valence-electron chi connectivity index (χ1n) is 8.04. The molecule has 3 unspecified atom stereocenters. The van der Waals surface area contributed by atoms with Crippen LogP contribution in [0.3, 0.4) is 0 Å². The van der Waals surface area contributed by atoms with Crippen LogP contribution >= 0.6 is 0 Å². The predicted octanol–water partition coefficient (Wildman–Crippen LogP) is 4.18. The number of esters is 1. The first kappa shape index (κ1) is 17.4. The van der Waals surface area contributed by atoms with Gasteiger partial charge in [-0.2, -0.15) is 0 Å². The monoisotopic (exact) mass is 336 g/mol. The van der Waals surface area contributed by atoms with Gasteiger partial charge < -0.3 is 9.16 Å². The number of ether oxygens (including phenoxy) is 1. The molecule has 1 heterocycles. The van der Waals surface area contributed by atoms with Crippen molar-refractivity contribution in [3.8, 4) is 0 Å². The third-order valence-corrected chi connectivity index (χ3v) is 23.0. The number of rotatable bonds is 3. The maximum Gasteiger partial charge on any atom is 0.302 e. The minimum atomic E-state index is -1.93. The summed E-state index contributed by atoms with van der Waals surface area (Å²) < 4.78 is 12.4. The molecule has 5 heteroatoms.